The quantitative estimate of drug-likeness (QED) is 0.680. The van der Waals surface area contributed by atoms with Crippen molar-refractivity contribution in [3.8, 4) is 0 Å². The topological polar surface area (TPSA) is 69.8 Å². The number of imidazole rings is 1. The van der Waals surface area contributed by atoms with Crippen LogP contribution in [0.4, 0.5) is 0 Å². The van der Waals surface area contributed by atoms with Crippen LogP contribution >= 0.6 is 24.8 Å². The number of carbonyl (C=O) groups excluding carboxylic acids is 1. The van der Waals surface area contributed by atoms with Crippen LogP contribution < -0.4 is 10.6 Å². The molecule has 1 aromatic carbocycles. The van der Waals surface area contributed by atoms with Gasteiger partial charge in [0.25, 0.3) is 0 Å². The van der Waals surface area contributed by atoms with Crippen molar-refractivity contribution in [2.75, 3.05) is 20.1 Å². The molecule has 2 aromatic rings. The highest BCUT2D eigenvalue weighted by Gasteiger charge is 2.03. The van der Waals surface area contributed by atoms with Crippen molar-refractivity contribution in [3.63, 3.8) is 0 Å². The van der Waals surface area contributed by atoms with Crippen LogP contribution in [0.15, 0.2) is 24.3 Å². The van der Waals surface area contributed by atoms with E-state index in [1.807, 2.05) is 31.3 Å². The third-order valence-electron chi connectivity index (χ3n) is 2.95. The fraction of sp³-hybridized carbons (Fsp3) is 0.429. The maximum absolute atomic E-state index is 11.5. The third-order valence-corrected chi connectivity index (χ3v) is 2.95. The number of halogens is 2. The summed E-state index contributed by atoms with van der Waals surface area (Å²) in [6.45, 7) is 1.50. The van der Waals surface area contributed by atoms with E-state index in [0.717, 1.165) is 36.2 Å². The SMILES string of the molecule is CNCCCC(=O)NCCc1nc2ccccc2[nH]1.Cl.Cl. The number of H-pyrrole nitrogens is 1. The number of fused-ring (bicyclic) bond motifs is 1. The number of amides is 1. The van der Waals surface area contributed by atoms with Gasteiger partial charge in [-0.2, -0.15) is 0 Å². The molecular weight excluding hydrogens is 311 g/mol. The second kappa shape index (κ2) is 10.4. The summed E-state index contributed by atoms with van der Waals surface area (Å²) in [6.07, 6.45) is 2.17. The van der Waals surface area contributed by atoms with E-state index in [1.54, 1.807) is 0 Å². The minimum Gasteiger partial charge on any atom is -0.356 e. The van der Waals surface area contributed by atoms with Crippen LogP contribution in [0.1, 0.15) is 18.7 Å². The van der Waals surface area contributed by atoms with Crippen molar-refractivity contribution >= 4 is 41.8 Å². The van der Waals surface area contributed by atoms with Crippen molar-refractivity contribution in [1.82, 2.24) is 20.6 Å². The minimum absolute atomic E-state index is 0. The van der Waals surface area contributed by atoms with Crippen LogP contribution in [0.5, 0.6) is 0 Å². The van der Waals surface area contributed by atoms with Crippen molar-refractivity contribution in [2.24, 2.45) is 0 Å². The normalized spacial score (nSPS) is 9.76. The second-order valence-corrected chi connectivity index (χ2v) is 4.51. The molecule has 21 heavy (non-hydrogen) atoms. The summed E-state index contributed by atoms with van der Waals surface area (Å²) >= 11 is 0. The van der Waals surface area contributed by atoms with Crippen LogP contribution in [-0.4, -0.2) is 36.0 Å². The molecule has 1 heterocycles. The molecule has 118 valence electrons. The fourth-order valence-corrected chi connectivity index (χ4v) is 1.96. The summed E-state index contributed by atoms with van der Waals surface area (Å²) in [5.41, 5.74) is 2.01. The van der Waals surface area contributed by atoms with Gasteiger partial charge < -0.3 is 15.6 Å². The number of nitrogens with one attached hydrogen (secondary N) is 3. The van der Waals surface area contributed by atoms with E-state index < -0.39 is 0 Å². The lowest BCUT2D eigenvalue weighted by atomic mass is 10.3. The van der Waals surface area contributed by atoms with E-state index in [-0.39, 0.29) is 30.7 Å². The Morgan fingerprint density at radius 2 is 2.00 bits per heavy atom. The molecule has 0 aliphatic heterocycles. The summed E-state index contributed by atoms with van der Waals surface area (Å²) in [5.74, 6) is 1.02. The molecule has 1 aromatic heterocycles. The molecule has 0 bridgehead atoms. The van der Waals surface area contributed by atoms with Gasteiger partial charge in [0.2, 0.25) is 5.91 Å². The fourth-order valence-electron chi connectivity index (χ4n) is 1.96. The van der Waals surface area contributed by atoms with Crippen LogP contribution in [0.25, 0.3) is 11.0 Å². The molecule has 0 atom stereocenters. The molecule has 7 heteroatoms. The molecule has 2 rings (SSSR count). The van der Waals surface area contributed by atoms with Gasteiger partial charge in [-0.1, -0.05) is 12.1 Å². The van der Waals surface area contributed by atoms with Gasteiger partial charge in [0, 0.05) is 19.4 Å². The molecule has 0 aliphatic rings. The maximum atomic E-state index is 11.5. The Balaban J connectivity index is 0.00000200. The average Bonchev–Trinajstić information content (AvgIpc) is 2.81. The van der Waals surface area contributed by atoms with Gasteiger partial charge in [0.1, 0.15) is 5.82 Å². The van der Waals surface area contributed by atoms with E-state index >= 15 is 0 Å². The Morgan fingerprint density at radius 1 is 1.24 bits per heavy atom. The first kappa shape index (κ1) is 19.7. The number of benzene rings is 1. The molecule has 0 spiro atoms. The molecule has 1 amide bonds. The van der Waals surface area contributed by atoms with Crippen molar-refractivity contribution in [1.29, 1.82) is 0 Å². The Labute approximate surface area is 137 Å². The summed E-state index contributed by atoms with van der Waals surface area (Å²) in [7, 11) is 1.89. The number of rotatable bonds is 7. The average molecular weight is 333 g/mol. The highest BCUT2D eigenvalue weighted by Crippen LogP contribution is 2.10. The monoisotopic (exact) mass is 332 g/mol. The first-order valence-corrected chi connectivity index (χ1v) is 6.64. The molecule has 0 unspecified atom stereocenters. The zero-order valence-corrected chi connectivity index (χ0v) is 13.6. The van der Waals surface area contributed by atoms with Crippen LogP contribution in [0.3, 0.4) is 0 Å². The predicted octanol–water partition coefficient (Wildman–Crippen LogP) is 2.06. The molecule has 0 fully saturated rings. The largest absolute Gasteiger partial charge is 0.356 e. The number of hydrogen-bond acceptors (Lipinski definition) is 3. The lowest BCUT2D eigenvalue weighted by molar-refractivity contribution is -0.121. The number of nitrogens with zero attached hydrogens (tertiary/aromatic N) is 1. The second-order valence-electron chi connectivity index (χ2n) is 4.51. The first-order chi connectivity index (χ1) is 9.29. The van der Waals surface area contributed by atoms with E-state index in [0.29, 0.717) is 13.0 Å². The molecule has 0 radical (unpaired) electrons. The van der Waals surface area contributed by atoms with Gasteiger partial charge in [-0.15, -0.1) is 24.8 Å². The van der Waals surface area contributed by atoms with Gasteiger partial charge in [-0.05, 0) is 32.1 Å². The van der Waals surface area contributed by atoms with E-state index in [9.17, 15) is 4.79 Å². The molecule has 0 saturated heterocycles. The number of aromatic amines is 1. The highest BCUT2D eigenvalue weighted by atomic mass is 35.5. The highest BCUT2D eigenvalue weighted by molar-refractivity contribution is 5.85. The number of para-hydroxylation sites is 2. The van der Waals surface area contributed by atoms with Gasteiger partial charge in [0.05, 0.1) is 11.0 Å². The van der Waals surface area contributed by atoms with Crippen molar-refractivity contribution < 1.29 is 4.79 Å². The summed E-state index contributed by atoms with van der Waals surface area (Å²) in [4.78, 5) is 19.2. The van der Waals surface area contributed by atoms with Gasteiger partial charge in [0.15, 0.2) is 0 Å². The van der Waals surface area contributed by atoms with E-state index in [1.165, 1.54) is 0 Å². The molecular formula is C14H22Cl2N4O. The standard InChI is InChI=1S/C14H20N4O.2ClH/c1-15-9-4-7-14(19)16-10-8-13-17-11-5-2-3-6-12(11)18-13;;/h2-3,5-6,15H,4,7-10H2,1H3,(H,16,19)(H,17,18);2*1H. The Bertz CT molecular complexity index is 512. The maximum Gasteiger partial charge on any atom is 0.220 e. The first-order valence-electron chi connectivity index (χ1n) is 6.64. The van der Waals surface area contributed by atoms with Crippen LogP contribution in [0.2, 0.25) is 0 Å². The molecule has 5 nitrogen and oxygen atoms in total. The van der Waals surface area contributed by atoms with Crippen LogP contribution in [0, 0.1) is 0 Å². The predicted molar refractivity (Wildman–Crippen MR) is 90.5 cm³/mol. The summed E-state index contributed by atoms with van der Waals surface area (Å²) in [6, 6.07) is 7.93. The van der Waals surface area contributed by atoms with Crippen molar-refractivity contribution in [2.45, 2.75) is 19.3 Å². The number of hydrogen-bond donors (Lipinski definition) is 3. The smallest absolute Gasteiger partial charge is 0.220 e. The Hall–Kier alpha value is -1.30. The summed E-state index contributed by atoms with van der Waals surface area (Å²) < 4.78 is 0. The van der Waals surface area contributed by atoms with Crippen LogP contribution in [-0.2, 0) is 11.2 Å². The van der Waals surface area contributed by atoms with Gasteiger partial charge in [-0.3, -0.25) is 4.79 Å². The minimum atomic E-state index is 0. The zero-order valence-electron chi connectivity index (χ0n) is 12.0. The third kappa shape index (κ3) is 6.33. The summed E-state index contributed by atoms with van der Waals surface area (Å²) in [5, 5.41) is 5.93. The molecule has 0 aliphatic carbocycles. The van der Waals surface area contributed by atoms with Crippen molar-refractivity contribution in [3.05, 3.63) is 30.1 Å². The van der Waals surface area contributed by atoms with Gasteiger partial charge >= 0.3 is 0 Å². The van der Waals surface area contributed by atoms with E-state index in [4.69, 9.17) is 0 Å². The van der Waals surface area contributed by atoms with E-state index in [2.05, 4.69) is 20.6 Å². The zero-order chi connectivity index (χ0) is 13.5. The lowest BCUT2D eigenvalue weighted by Gasteiger charge is -2.03. The Morgan fingerprint density at radius 3 is 2.71 bits per heavy atom. The van der Waals surface area contributed by atoms with Gasteiger partial charge in [-0.25, -0.2) is 4.98 Å². The molecule has 0 saturated carbocycles. The Kier molecular flexibility index (Phi) is 9.78. The molecule has 3 N–H and O–H groups in total. The number of carbonyl (C=O) groups is 1. The lowest BCUT2D eigenvalue weighted by Crippen LogP contribution is -2.26. The number of aromatic nitrogens is 2.